The van der Waals surface area contributed by atoms with Crippen LogP contribution >= 0.6 is 0 Å². The molecule has 158 valence electrons. The van der Waals surface area contributed by atoms with Crippen LogP contribution < -0.4 is 9.80 Å². The molecule has 2 aromatic heterocycles. The third-order valence-electron chi connectivity index (χ3n) is 6.77. The molecule has 3 aromatic rings. The summed E-state index contributed by atoms with van der Waals surface area (Å²) in [6, 6.07) is 15.7. The van der Waals surface area contributed by atoms with E-state index in [1.807, 2.05) is 0 Å². The summed E-state index contributed by atoms with van der Waals surface area (Å²) in [5.41, 5.74) is 3.87. The fourth-order valence-corrected chi connectivity index (χ4v) is 4.80. The largest absolute Gasteiger partial charge is 0.368 e. The highest BCUT2D eigenvalue weighted by molar-refractivity contribution is 5.78. The Kier molecular flexibility index (Phi) is 5.63. The Hall–Kier alpha value is -2.53. The average molecular weight is 404 g/mol. The Morgan fingerprint density at radius 3 is 2.23 bits per heavy atom. The Morgan fingerprint density at radius 1 is 0.767 bits per heavy atom. The minimum atomic E-state index is 1.02. The minimum Gasteiger partial charge on any atom is -0.368 e. The molecule has 5 heteroatoms. The van der Waals surface area contributed by atoms with Gasteiger partial charge in [-0.05, 0) is 68.2 Å². The summed E-state index contributed by atoms with van der Waals surface area (Å²) in [6.45, 7) is 11.0. The molecule has 4 heterocycles. The standard InChI is InChI=1S/C25H33N5/c1-2-21-5-8-23(9-6-21)28-17-19-29(20-18-28)24-10-7-22-11-14-30(25(22)26-24)16-15-27-12-3-4-13-27/h5-11,14H,2-4,12-13,15-20H2,1H3. The molecule has 5 rings (SSSR count). The van der Waals surface area contributed by atoms with Crippen LogP contribution in [0, 0.1) is 0 Å². The van der Waals surface area contributed by atoms with Crippen molar-refractivity contribution in [3.8, 4) is 0 Å². The highest BCUT2D eigenvalue weighted by Gasteiger charge is 2.19. The highest BCUT2D eigenvalue weighted by atomic mass is 15.3. The van der Waals surface area contributed by atoms with Gasteiger partial charge in [0.1, 0.15) is 11.5 Å². The summed E-state index contributed by atoms with van der Waals surface area (Å²) < 4.78 is 2.34. The van der Waals surface area contributed by atoms with E-state index in [1.54, 1.807) is 0 Å². The maximum atomic E-state index is 5.08. The van der Waals surface area contributed by atoms with Crippen molar-refractivity contribution in [3.05, 3.63) is 54.2 Å². The van der Waals surface area contributed by atoms with Crippen LogP contribution in [0.15, 0.2) is 48.7 Å². The lowest BCUT2D eigenvalue weighted by Gasteiger charge is -2.36. The van der Waals surface area contributed by atoms with E-state index in [-0.39, 0.29) is 0 Å². The normalized spacial score (nSPS) is 17.9. The molecule has 0 atom stereocenters. The van der Waals surface area contributed by atoms with E-state index < -0.39 is 0 Å². The zero-order valence-electron chi connectivity index (χ0n) is 18.1. The van der Waals surface area contributed by atoms with Crippen LogP contribution in [0.1, 0.15) is 25.3 Å². The molecule has 2 fully saturated rings. The third-order valence-corrected chi connectivity index (χ3v) is 6.77. The van der Waals surface area contributed by atoms with Gasteiger partial charge in [-0.2, -0.15) is 0 Å². The molecule has 0 amide bonds. The molecule has 0 spiro atoms. The first-order chi connectivity index (χ1) is 14.8. The number of hydrogen-bond donors (Lipinski definition) is 0. The van der Waals surface area contributed by atoms with Crippen molar-refractivity contribution in [1.82, 2.24) is 14.5 Å². The van der Waals surface area contributed by atoms with Gasteiger partial charge in [-0.25, -0.2) is 4.98 Å². The Balaban J connectivity index is 1.25. The van der Waals surface area contributed by atoms with E-state index in [0.717, 1.165) is 57.2 Å². The summed E-state index contributed by atoms with van der Waals surface area (Å²) in [6.07, 6.45) is 6.00. The number of piperazine rings is 1. The van der Waals surface area contributed by atoms with E-state index in [9.17, 15) is 0 Å². The van der Waals surface area contributed by atoms with Crippen molar-refractivity contribution in [2.24, 2.45) is 0 Å². The number of hydrogen-bond acceptors (Lipinski definition) is 4. The van der Waals surface area contributed by atoms with Gasteiger partial charge in [0.05, 0.1) is 0 Å². The number of benzene rings is 1. The smallest absolute Gasteiger partial charge is 0.142 e. The fraction of sp³-hybridized carbons (Fsp3) is 0.480. The zero-order chi connectivity index (χ0) is 20.3. The van der Waals surface area contributed by atoms with E-state index in [0.29, 0.717) is 0 Å². The summed E-state index contributed by atoms with van der Waals surface area (Å²) in [7, 11) is 0. The Bertz CT molecular complexity index is 963. The van der Waals surface area contributed by atoms with Crippen LogP contribution in [0.2, 0.25) is 0 Å². The van der Waals surface area contributed by atoms with Crippen LogP contribution in [-0.4, -0.2) is 60.3 Å². The molecule has 0 radical (unpaired) electrons. The zero-order valence-corrected chi connectivity index (χ0v) is 18.1. The van der Waals surface area contributed by atoms with Gasteiger partial charge in [-0.3, -0.25) is 0 Å². The quantitative estimate of drug-likeness (QED) is 0.621. The van der Waals surface area contributed by atoms with Crippen molar-refractivity contribution in [3.63, 3.8) is 0 Å². The first kappa shape index (κ1) is 19.4. The molecular formula is C25H33N5. The van der Waals surface area contributed by atoms with Crippen molar-refractivity contribution in [2.75, 3.05) is 55.6 Å². The molecule has 2 aliphatic rings. The number of pyridine rings is 1. The second-order valence-corrected chi connectivity index (χ2v) is 8.63. The van der Waals surface area contributed by atoms with E-state index >= 15 is 0 Å². The highest BCUT2D eigenvalue weighted by Crippen LogP contribution is 2.23. The van der Waals surface area contributed by atoms with Gasteiger partial charge in [0, 0.05) is 56.5 Å². The van der Waals surface area contributed by atoms with Gasteiger partial charge in [-0.15, -0.1) is 0 Å². The second-order valence-electron chi connectivity index (χ2n) is 8.63. The molecule has 0 unspecified atom stereocenters. The molecule has 0 aliphatic carbocycles. The van der Waals surface area contributed by atoms with Crippen molar-refractivity contribution in [2.45, 2.75) is 32.7 Å². The number of likely N-dealkylation sites (tertiary alicyclic amines) is 1. The number of nitrogens with zero attached hydrogens (tertiary/aromatic N) is 5. The number of fused-ring (bicyclic) bond motifs is 1. The SMILES string of the molecule is CCc1ccc(N2CCN(c3ccc4ccn(CCN5CCCC5)c4n3)CC2)cc1. The summed E-state index contributed by atoms with van der Waals surface area (Å²) in [5.74, 6) is 1.12. The van der Waals surface area contributed by atoms with Gasteiger partial charge in [0.25, 0.3) is 0 Å². The predicted molar refractivity (Wildman–Crippen MR) is 126 cm³/mol. The first-order valence-electron chi connectivity index (χ1n) is 11.6. The van der Waals surface area contributed by atoms with Gasteiger partial charge in [0.2, 0.25) is 0 Å². The lowest BCUT2D eigenvalue weighted by Crippen LogP contribution is -2.46. The van der Waals surface area contributed by atoms with Crippen LogP contribution in [0.4, 0.5) is 11.5 Å². The Labute approximate surface area is 179 Å². The molecule has 2 aliphatic heterocycles. The number of rotatable bonds is 6. The van der Waals surface area contributed by atoms with Crippen molar-refractivity contribution >= 4 is 22.5 Å². The van der Waals surface area contributed by atoms with Crippen LogP contribution in [0.5, 0.6) is 0 Å². The summed E-state index contributed by atoms with van der Waals surface area (Å²) in [4.78, 5) is 12.6. The second kappa shape index (κ2) is 8.68. The maximum absolute atomic E-state index is 5.08. The fourth-order valence-electron chi connectivity index (χ4n) is 4.80. The van der Waals surface area contributed by atoms with Gasteiger partial charge < -0.3 is 19.3 Å². The van der Waals surface area contributed by atoms with Gasteiger partial charge in [0.15, 0.2) is 0 Å². The molecule has 0 N–H and O–H groups in total. The monoisotopic (exact) mass is 403 g/mol. The number of aryl methyl sites for hydroxylation is 1. The predicted octanol–water partition coefficient (Wildman–Crippen LogP) is 4.02. The maximum Gasteiger partial charge on any atom is 0.142 e. The van der Waals surface area contributed by atoms with E-state index in [1.165, 1.54) is 42.6 Å². The van der Waals surface area contributed by atoms with Crippen LogP contribution in [0.25, 0.3) is 11.0 Å². The minimum absolute atomic E-state index is 1.02. The van der Waals surface area contributed by atoms with E-state index in [2.05, 4.69) is 74.9 Å². The number of aromatic nitrogens is 2. The topological polar surface area (TPSA) is 27.5 Å². The molecule has 1 aromatic carbocycles. The summed E-state index contributed by atoms with van der Waals surface area (Å²) in [5, 5.41) is 1.25. The van der Waals surface area contributed by atoms with Crippen LogP contribution in [-0.2, 0) is 13.0 Å². The molecular weight excluding hydrogens is 370 g/mol. The van der Waals surface area contributed by atoms with E-state index in [4.69, 9.17) is 4.98 Å². The molecule has 0 saturated carbocycles. The number of anilines is 2. The average Bonchev–Trinajstić information content (AvgIpc) is 3.47. The molecule has 2 saturated heterocycles. The Morgan fingerprint density at radius 2 is 1.50 bits per heavy atom. The van der Waals surface area contributed by atoms with Gasteiger partial charge >= 0.3 is 0 Å². The van der Waals surface area contributed by atoms with Crippen LogP contribution in [0.3, 0.4) is 0 Å². The molecule has 0 bridgehead atoms. The third kappa shape index (κ3) is 4.04. The molecule has 5 nitrogen and oxygen atoms in total. The van der Waals surface area contributed by atoms with Gasteiger partial charge in [-0.1, -0.05) is 19.1 Å². The lowest BCUT2D eigenvalue weighted by molar-refractivity contribution is 0.324. The summed E-state index contributed by atoms with van der Waals surface area (Å²) >= 11 is 0. The van der Waals surface area contributed by atoms with Crippen molar-refractivity contribution < 1.29 is 0 Å². The lowest BCUT2D eigenvalue weighted by atomic mass is 10.1. The molecule has 30 heavy (non-hydrogen) atoms. The first-order valence-corrected chi connectivity index (χ1v) is 11.6. The van der Waals surface area contributed by atoms with Crippen molar-refractivity contribution in [1.29, 1.82) is 0 Å².